The molecule has 2 unspecified atom stereocenters. The smallest absolute Gasteiger partial charge is 0.311 e. The summed E-state index contributed by atoms with van der Waals surface area (Å²) in [6.07, 6.45) is 2.77. The van der Waals surface area contributed by atoms with Crippen LogP contribution in [-0.2, 0) is 0 Å². The summed E-state index contributed by atoms with van der Waals surface area (Å²) in [4.78, 5) is 14.6. The van der Waals surface area contributed by atoms with Gasteiger partial charge in [-0.1, -0.05) is 6.42 Å². The van der Waals surface area contributed by atoms with E-state index in [1.54, 1.807) is 0 Å². The molecule has 0 spiro atoms. The minimum absolute atomic E-state index is 0.00391. The first-order valence-electron chi connectivity index (χ1n) is 6.15. The Bertz CT molecular complexity index is 468. The largest absolute Gasteiger partial charge is 0.396 e. The minimum Gasteiger partial charge on any atom is -0.396 e. The second kappa shape index (κ2) is 5.81. The molecule has 8 nitrogen and oxygen atoms in total. The van der Waals surface area contributed by atoms with Crippen molar-refractivity contribution in [3.05, 3.63) is 22.2 Å². The fourth-order valence-electron chi connectivity index (χ4n) is 2.41. The summed E-state index contributed by atoms with van der Waals surface area (Å²) in [5.74, 6) is 5.90. The van der Waals surface area contributed by atoms with E-state index in [1.165, 1.54) is 12.1 Å². The van der Waals surface area contributed by atoms with Crippen molar-refractivity contribution in [3.8, 4) is 0 Å². The number of nitrogen functional groups attached to an aromatic ring is 1. The summed E-state index contributed by atoms with van der Waals surface area (Å²) < 4.78 is 0. The van der Waals surface area contributed by atoms with Crippen LogP contribution in [-0.4, -0.2) is 27.7 Å². The zero-order valence-corrected chi connectivity index (χ0v) is 10.4. The van der Waals surface area contributed by atoms with Gasteiger partial charge in [0.05, 0.1) is 4.92 Å². The first-order valence-corrected chi connectivity index (χ1v) is 6.15. The average Bonchev–Trinajstić information content (AvgIpc) is 2.85. The molecule has 1 fully saturated rings. The van der Waals surface area contributed by atoms with Crippen molar-refractivity contribution >= 4 is 17.3 Å². The Hall–Kier alpha value is -1.93. The number of hydrogen-bond donors (Lipinski definition) is 4. The summed E-state index contributed by atoms with van der Waals surface area (Å²) in [5, 5.41) is 23.3. The predicted molar refractivity (Wildman–Crippen MR) is 70.5 cm³/mol. The van der Waals surface area contributed by atoms with Crippen molar-refractivity contribution in [2.75, 3.05) is 17.3 Å². The number of hydrogen-bond acceptors (Lipinski definition) is 7. The Kier molecular flexibility index (Phi) is 4.13. The van der Waals surface area contributed by atoms with Crippen LogP contribution in [0, 0.1) is 16.0 Å². The summed E-state index contributed by atoms with van der Waals surface area (Å²) >= 11 is 0. The van der Waals surface area contributed by atoms with Crippen molar-refractivity contribution in [3.63, 3.8) is 0 Å². The first kappa shape index (κ1) is 13.5. The van der Waals surface area contributed by atoms with Gasteiger partial charge in [0.1, 0.15) is 5.82 Å². The van der Waals surface area contributed by atoms with Crippen LogP contribution in [0.15, 0.2) is 12.1 Å². The third kappa shape index (κ3) is 2.91. The van der Waals surface area contributed by atoms with E-state index in [4.69, 9.17) is 5.84 Å². The second-order valence-corrected chi connectivity index (χ2v) is 4.59. The number of aliphatic hydroxyl groups excluding tert-OH is 1. The van der Waals surface area contributed by atoms with Crippen LogP contribution in [0.2, 0.25) is 0 Å². The number of nitrogens with zero attached hydrogens (tertiary/aromatic N) is 2. The van der Waals surface area contributed by atoms with Crippen molar-refractivity contribution in [1.29, 1.82) is 0 Å². The molecule has 2 atom stereocenters. The molecule has 2 rings (SSSR count). The maximum absolute atomic E-state index is 11.0. The Morgan fingerprint density at radius 3 is 2.95 bits per heavy atom. The van der Waals surface area contributed by atoms with E-state index in [-0.39, 0.29) is 30.1 Å². The lowest BCUT2D eigenvalue weighted by Crippen LogP contribution is -2.27. The van der Waals surface area contributed by atoms with Crippen LogP contribution in [0.3, 0.4) is 0 Å². The molecule has 8 heteroatoms. The highest BCUT2D eigenvalue weighted by Crippen LogP contribution is 2.31. The maximum atomic E-state index is 11.0. The molecule has 0 aliphatic heterocycles. The molecule has 104 valence electrons. The summed E-state index contributed by atoms with van der Waals surface area (Å²) in [5.41, 5.74) is 2.27. The third-order valence-electron chi connectivity index (χ3n) is 3.43. The molecule has 1 aliphatic rings. The third-order valence-corrected chi connectivity index (χ3v) is 3.43. The van der Waals surface area contributed by atoms with Gasteiger partial charge in [-0.15, -0.1) is 0 Å². The van der Waals surface area contributed by atoms with Crippen LogP contribution in [0.5, 0.6) is 0 Å². The van der Waals surface area contributed by atoms with E-state index in [0.29, 0.717) is 5.82 Å². The van der Waals surface area contributed by atoms with Gasteiger partial charge < -0.3 is 15.8 Å². The quantitative estimate of drug-likeness (QED) is 0.354. The van der Waals surface area contributed by atoms with Gasteiger partial charge in [-0.25, -0.2) is 10.8 Å². The fourth-order valence-corrected chi connectivity index (χ4v) is 2.41. The molecule has 19 heavy (non-hydrogen) atoms. The Balaban J connectivity index is 2.24. The molecular formula is C11H17N5O3. The zero-order chi connectivity index (χ0) is 13.8. The number of rotatable bonds is 5. The van der Waals surface area contributed by atoms with Gasteiger partial charge in [-0.05, 0) is 18.9 Å². The molecule has 5 N–H and O–H groups in total. The molecule has 0 saturated heterocycles. The van der Waals surface area contributed by atoms with Crippen LogP contribution in [0.25, 0.3) is 0 Å². The topological polar surface area (TPSA) is 126 Å². The highest BCUT2D eigenvalue weighted by molar-refractivity contribution is 5.60. The molecule has 1 aliphatic carbocycles. The maximum Gasteiger partial charge on any atom is 0.311 e. The molecule has 0 bridgehead atoms. The molecule has 1 aromatic rings. The van der Waals surface area contributed by atoms with E-state index in [1.807, 2.05) is 0 Å². The van der Waals surface area contributed by atoms with Crippen molar-refractivity contribution < 1.29 is 10.0 Å². The monoisotopic (exact) mass is 267 g/mol. The molecule has 1 aromatic heterocycles. The number of nitrogens with two attached hydrogens (primary N) is 1. The molecule has 0 radical (unpaired) electrons. The van der Waals surface area contributed by atoms with E-state index in [2.05, 4.69) is 15.7 Å². The van der Waals surface area contributed by atoms with Gasteiger partial charge in [0, 0.05) is 24.6 Å². The predicted octanol–water partition coefficient (Wildman–Crippen LogP) is 0.848. The molecule has 1 heterocycles. The van der Waals surface area contributed by atoms with Gasteiger partial charge in [-0.2, -0.15) is 0 Å². The minimum atomic E-state index is -0.488. The van der Waals surface area contributed by atoms with Gasteiger partial charge in [0.2, 0.25) is 5.82 Å². The summed E-state index contributed by atoms with van der Waals surface area (Å²) in [7, 11) is 0. The highest BCUT2D eigenvalue weighted by Gasteiger charge is 2.29. The van der Waals surface area contributed by atoms with Crippen LogP contribution in [0.4, 0.5) is 17.3 Å². The second-order valence-electron chi connectivity index (χ2n) is 4.59. The lowest BCUT2D eigenvalue weighted by Gasteiger charge is -2.19. The number of nitrogens with one attached hydrogen (secondary N) is 2. The van der Waals surface area contributed by atoms with Crippen LogP contribution < -0.4 is 16.6 Å². The average molecular weight is 267 g/mol. The van der Waals surface area contributed by atoms with Crippen LogP contribution in [0.1, 0.15) is 19.3 Å². The molecular weight excluding hydrogens is 250 g/mol. The van der Waals surface area contributed by atoms with Crippen molar-refractivity contribution in [2.24, 2.45) is 11.8 Å². The Morgan fingerprint density at radius 2 is 2.32 bits per heavy atom. The van der Waals surface area contributed by atoms with Gasteiger partial charge in [0.15, 0.2) is 0 Å². The van der Waals surface area contributed by atoms with Gasteiger partial charge in [-0.3, -0.25) is 10.1 Å². The molecule has 0 amide bonds. The first-order chi connectivity index (χ1) is 9.15. The van der Waals surface area contributed by atoms with Gasteiger partial charge >= 0.3 is 5.69 Å². The van der Waals surface area contributed by atoms with E-state index >= 15 is 0 Å². The van der Waals surface area contributed by atoms with E-state index in [9.17, 15) is 15.2 Å². The molecule has 1 saturated carbocycles. The lowest BCUT2D eigenvalue weighted by atomic mass is 10.1. The summed E-state index contributed by atoms with van der Waals surface area (Å²) in [6.45, 7) is 0.0697. The van der Waals surface area contributed by atoms with Crippen LogP contribution >= 0.6 is 0 Å². The van der Waals surface area contributed by atoms with Crippen molar-refractivity contribution in [2.45, 2.75) is 25.3 Å². The lowest BCUT2D eigenvalue weighted by molar-refractivity contribution is -0.384. The Labute approximate surface area is 110 Å². The normalized spacial score (nSPS) is 22.2. The standard InChI is InChI=1S/C11H17N5O3/c12-15-10-5-4-9(16(18)19)11(14-10)13-8-3-1-2-7(8)6-17/h4-5,7-8,17H,1-3,6,12H2,(H2,13,14,15). The number of hydrazine groups is 1. The number of aliphatic hydroxyl groups is 1. The highest BCUT2D eigenvalue weighted by atomic mass is 16.6. The van der Waals surface area contributed by atoms with E-state index < -0.39 is 4.92 Å². The van der Waals surface area contributed by atoms with Gasteiger partial charge in [0.25, 0.3) is 0 Å². The zero-order valence-electron chi connectivity index (χ0n) is 10.4. The summed E-state index contributed by atoms with van der Waals surface area (Å²) in [6, 6.07) is 2.80. The fraction of sp³-hybridized carbons (Fsp3) is 0.545. The number of pyridine rings is 1. The van der Waals surface area contributed by atoms with E-state index in [0.717, 1.165) is 19.3 Å². The number of aromatic nitrogens is 1. The number of nitro groups is 1. The SMILES string of the molecule is NNc1ccc([N+](=O)[O-])c(NC2CCCC2CO)n1. The number of anilines is 2. The van der Waals surface area contributed by atoms with Crippen molar-refractivity contribution in [1.82, 2.24) is 4.98 Å². The molecule has 0 aromatic carbocycles. The Morgan fingerprint density at radius 1 is 1.53 bits per heavy atom.